The smallest absolute Gasteiger partial charge is 0.323 e. The third-order valence-electron chi connectivity index (χ3n) is 6.38. The second-order valence-electron chi connectivity index (χ2n) is 8.61. The molecule has 3 heterocycles. The monoisotopic (exact) mass is 508 g/mol. The number of hydrogen-bond donors (Lipinski definition) is 2. The van der Waals surface area contributed by atoms with E-state index in [-0.39, 0.29) is 24.7 Å². The summed E-state index contributed by atoms with van der Waals surface area (Å²) in [6.07, 6.45) is 1.53. The highest BCUT2D eigenvalue weighted by Gasteiger charge is 2.41. The van der Waals surface area contributed by atoms with Gasteiger partial charge in [-0.2, -0.15) is 5.10 Å². The molecule has 0 spiro atoms. The summed E-state index contributed by atoms with van der Waals surface area (Å²) < 4.78 is 26.8. The molecule has 0 unspecified atom stereocenters. The predicted molar refractivity (Wildman–Crippen MR) is 132 cm³/mol. The van der Waals surface area contributed by atoms with Crippen LogP contribution in [0.2, 0.25) is 0 Å². The third kappa shape index (κ3) is 4.70. The number of nitrogens with zero attached hydrogens (tertiary/aromatic N) is 4. The zero-order chi connectivity index (χ0) is 26.1. The fourth-order valence-electron chi connectivity index (χ4n) is 4.43. The first-order chi connectivity index (χ1) is 17.9. The Morgan fingerprint density at radius 1 is 1.16 bits per heavy atom. The maximum absolute atomic E-state index is 15.0. The Bertz CT molecular complexity index is 1360. The van der Waals surface area contributed by atoms with Gasteiger partial charge in [-0.15, -0.1) is 0 Å². The third-order valence-corrected chi connectivity index (χ3v) is 6.38. The molecule has 2 N–H and O–H groups in total. The number of aryl methyl sites for hydroxylation is 1. The summed E-state index contributed by atoms with van der Waals surface area (Å²) in [6.45, 7) is 0.750. The Labute approximate surface area is 211 Å². The number of hydrogen-bond acceptors (Lipinski definition) is 6. The molecule has 192 valence electrons. The van der Waals surface area contributed by atoms with Gasteiger partial charge in [0, 0.05) is 30.5 Å². The SMILES string of the molecule is COc1ccc(NC(=O)N2Cc3c(cnn3C)[C@@H]2C(=O)Nc2ccc(N3CCOCC3=O)cc2F)cc1. The van der Waals surface area contributed by atoms with Crippen LogP contribution in [0.15, 0.2) is 48.7 Å². The fraction of sp³-hybridized carbons (Fsp3) is 0.280. The summed E-state index contributed by atoms with van der Waals surface area (Å²) >= 11 is 0. The van der Waals surface area contributed by atoms with Crippen LogP contribution in [-0.2, 0) is 27.9 Å². The van der Waals surface area contributed by atoms with Crippen molar-refractivity contribution in [1.82, 2.24) is 14.7 Å². The minimum atomic E-state index is -1.03. The topological polar surface area (TPSA) is 118 Å². The number of nitrogens with one attached hydrogen (secondary N) is 2. The molecule has 3 aromatic rings. The van der Waals surface area contributed by atoms with E-state index in [1.54, 1.807) is 49.2 Å². The average Bonchev–Trinajstić information content (AvgIpc) is 3.45. The second-order valence-corrected chi connectivity index (χ2v) is 8.61. The van der Waals surface area contributed by atoms with Crippen LogP contribution >= 0.6 is 0 Å². The van der Waals surface area contributed by atoms with Gasteiger partial charge in [0.05, 0.1) is 37.8 Å². The van der Waals surface area contributed by atoms with Crippen molar-refractivity contribution in [2.45, 2.75) is 12.6 Å². The minimum Gasteiger partial charge on any atom is -0.497 e. The van der Waals surface area contributed by atoms with E-state index in [9.17, 15) is 18.8 Å². The van der Waals surface area contributed by atoms with E-state index in [4.69, 9.17) is 9.47 Å². The summed E-state index contributed by atoms with van der Waals surface area (Å²) in [6, 6.07) is 9.41. The Morgan fingerprint density at radius 3 is 2.65 bits per heavy atom. The summed E-state index contributed by atoms with van der Waals surface area (Å²) in [5.74, 6) is -0.925. The number of urea groups is 1. The molecule has 37 heavy (non-hydrogen) atoms. The lowest BCUT2D eigenvalue weighted by Crippen LogP contribution is -2.41. The van der Waals surface area contributed by atoms with E-state index in [1.165, 1.54) is 28.1 Å². The van der Waals surface area contributed by atoms with Gasteiger partial charge in [-0.3, -0.25) is 14.3 Å². The summed E-state index contributed by atoms with van der Waals surface area (Å²) in [5.41, 5.74) is 2.09. The van der Waals surface area contributed by atoms with Crippen LogP contribution in [0.4, 0.5) is 26.2 Å². The van der Waals surface area contributed by atoms with Crippen LogP contribution < -0.4 is 20.3 Å². The maximum atomic E-state index is 15.0. The first kappa shape index (κ1) is 24.3. The Morgan fingerprint density at radius 2 is 1.95 bits per heavy atom. The molecule has 12 heteroatoms. The molecule has 11 nitrogen and oxygen atoms in total. The average molecular weight is 509 g/mol. The molecule has 4 amide bonds. The van der Waals surface area contributed by atoms with Crippen molar-refractivity contribution in [3.63, 3.8) is 0 Å². The first-order valence-corrected chi connectivity index (χ1v) is 11.6. The molecule has 1 aromatic heterocycles. The number of halogens is 1. The molecule has 1 atom stereocenters. The maximum Gasteiger partial charge on any atom is 0.323 e. The Kier molecular flexibility index (Phi) is 6.49. The molecule has 2 aliphatic heterocycles. The largest absolute Gasteiger partial charge is 0.497 e. The van der Waals surface area contributed by atoms with Crippen molar-refractivity contribution in [3.8, 4) is 5.75 Å². The molecular weight excluding hydrogens is 483 g/mol. The van der Waals surface area contributed by atoms with Crippen LogP contribution in [-0.4, -0.2) is 59.4 Å². The van der Waals surface area contributed by atoms with E-state index < -0.39 is 23.8 Å². The number of aromatic nitrogens is 2. The zero-order valence-corrected chi connectivity index (χ0v) is 20.2. The van der Waals surface area contributed by atoms with Crippen LogP contribution in [0, 0.1) is 5.82 Å². The van der Waals surface area contributed by atoms with Crippen molar-refractivity contribution in [2.75, 3.05) is 42.4 Å². The number of rotatable bonds is 5. The van der Waals surface area contributed by atoms with E-state index in [1.807, 2.05) is 0 Å². The molecule has 0 aliphatic carbocycles. The highest BCUT2D eigenvalue weighted by molar-refractivity contribution is 6.01. The van der Waals surface area contributed by atoms with Gasteiger partial charge in [0.2, 0.25) is 0 Å². The van der Waals surface area contributed by atoms with Gasteiger partial charge in [0.15, 0.2) is 0 Å². The molecule has 1 saturated heterocycles. The van der Waals surface area contributed by atoms with Gasteiger partial charge in [-0.05, 0) is 42.5 Å². The summed E-state index contributed by atoms with van der Waals surface area (Å²) in [4.78, 5) is 41.5. The molecule has 2 aliphatic rings. The van der Waals surface area contributed by atoms with E-state index in [0.717, 1.165) is 0 Å². The first-order valence-electron chi connectivity index (χ1n) is 11.6. The van der Waals surface area contributed by atoms with Gasteiger partial charge in [0.1, 0.15) is 24.2 Å². The normalized spacial score (nSPS) is 16.9. The lowest BCUT2D eigenvalue weighted by Gasteiger charge is -2.27. The number of morpholine rings is 1. The zero-order valence-electron chi connectivity index (χ0n) is 20.2. The fourth-order valence-corrected chi connectivity index (χ4v) is 4.43. The lowest BCUT2D eigenvalue weighted by molar-refractivity contribution is -0.125. The molecule has 0 bridgehead atoms. The summed E-state index contributed by atoms with van der Waals surface area (Å²) in [7, 11) is 3.27. The van der Waals surface area contributed by atoms with Gasteiger partial charge in [-0.25, -0.2) is 9.18 Å². The molecule has 5 rings (SSSR count). The Balaban J connectivity index is 1.35. The number of amides is 4. The van der Waals surface area contributed by atoms with Crippen LogP contribution in [0.25, 0.3) is 0 Å². The van der Waals surface area contributed by atoms with E-state index in [0.29, 0.717) is 41.5 Å². The molecule has 0 radical (unpaired) electrons. The highest BCUT2D eigenvalue weighted by Crippen LogP contribution is 2.35. The van der Waals surface area contributed by atoms with Crippen molar-refractivity contribution in [2.24, 2.45) is 7.05 Å². The quantitative estimate of drug-likeness (QED) is 0.547. The van der Waals surface area contributed by atoms with E-state index >= 15 is 0 Å². The van der Waals surface area contributed by atoms with Crippen LogP contribution in [0.3, 0.4) is 0 Å². The molecular formula is C25H25FN6O5. The van der Waals surface area contributed by atoms with Gasteiger partial charge in [0.25, 0.3) is 11.8 Å². The highest BCUT2D eigenvalue weighted by atomic mass is 19.1. The standard InChI is InChI=1S/C25H25FN6O5/c1-30-21-13-32(25(35)28-15-3-6-17(36-2)7-4-15)23(18(21)12-27-30)24(34)29-20-8-5-16(11-19(20)26)31-9-10-37-14-22(31)33/h3-8,11-12,23H,9-10,13-14H2,1-2H3,(H,28,35)(H,29,34)/t23-/m1/s1. The second kappa shape index (κ2) is 9.90. The summed E-state index contributed by atoms with van der Waals surface area (Å²) in [5, 5.41) is 9.58. The van der Waals surface area contributed by atoms with Crippen LogP contribution in [0.1, 0.15) is 17.3 Å². The number of carbonyl (C=O) groups is 3. The minimum absolute atomic E-state index is 0.0658. The predicted octanol–water partition coefficient (Wildman–Crippen LogP) is 2.66. The lowest BCUT2D eigenvalue weighted by atomic mass is 10.1. The van der Waals surface area contributed by atoms with Gasteiger partial charge in [-0.1, -0.05) is 0 Å². The number of fused-ring (bicyclic) bond motifs is 1. The van der Waals surface area contributed by atoms with Crippen LogP contribution in [0.5, 0.6) is 5.75 Å². The molecule has 0 saturated carbocycles. The number of anilines is 3. The molecule has 2 aromatic carbocycles. The van der Waals surface area contributed by atoms with Crippen molar-refractivity contribution in [1.29, 1.82) is 0 Å². The molecule has 1 fully saturated rings. The van der Waals surface area contributed by atoms with Crippen molar-refractivity contribution in [3.05, 3.63) is 65.7 Å². The number of methoxy groups -OCH3 is 1. The van der Waals surface area contributed by atoms with Gasteiger partial charge < -0.3 is 29.9 Å². The number of ether oxygens (including phenoxy) is 2. The van der Waals surface area contributed by atoms with Crippen molar-refractivity contribution >= 4 is 34.9 Å². The Hall–Kier alpha value is -4.45. The van der Waals surface area contributed by atoms with E-state index in [2.05, 4.69) is 15.7 Å². The van der Waals surface area contributed by atoms with Gasteiger partial charge >= 0.3 is 6.03 Å². The number of benzene rings is 2. The number of carbonyl (C=O) groups excluding carboxylic acids is 3. The van der Waals surface area contributed by atoms with Crippen molar-refractivity contribution < 1.29 is 28.2 Å².